The lowest BCUT2D eigenvalue weighted by Gasteiger charge is -2.32. The predicted molar refractivity (Wildman–Crippen MR) is 73.5 cm³/mol. The molecule has 1 heterocycles. The van der Waals surface area contributed by atoms with Crippen molar-refractivity contribution in [2.24, 2.45) is 5.92 Å². The van der Waals surface area contributed by atoms with E-state index in [0.29, 0.717) is 24.2 Å². The third kappa shape index (κ3) is 2.91. The monoisotopic (exact) mass is 265 g/mol. The van der Waals surface area contributed by atoms with Gasteiger partial charge in [0.05, 0.1) is 4.92 Å². The molecular weight excluding hydrogens is 246 g/mol. The third-order valence-electron chi connectivity index (χ3n) is 3.55. The number of nitro groups is 1. The van der Waals surface area contributed by atoms with Gasteiger partial charge in [-0.25, -0.2) is 4.98 Å². The molecule has 0 unspecified atom stereocenters. The van der Waals surface area contributed by atoms with Crippen LogP contribution in [0.25, 0.3) is 0 Å². The maximum absolute atomic E-state index is 11.1. The van der Waals surface area contributed by atoms with Crippen molar-refractivity contribution >= 4 is 17.5 Å². The molecule has 0 saturated heterocycles. The SMILES string of the molecule is CCN(CC1CCC1)c1nc(NC)ncc1[N+](=O)[O-]. The van der Waals surface area contributed by atoms with Crippen molar-refractivity contribution in [1.29, 1.82) is 0 Å². The van der Waals surface area contributed by atoms with Crippen molar-refractivity contribution in [2.75, 3.05) is 30.4 Å². The number of rotatable bonds is 6. The maximum Gasteiger partial charge on any atom is 0.329 e. The van der Waals surface area contributed by atoms with Gasteiger partial charge in [-0.2, -0.15) is 4.98 Å². The van der Waals surface area contributed by atoms with E-state index in [2.05, 4.69) is 15.3 Å². The summed E-state index contributed by atoms with van der Waals surface area (Å²) in [6, 6.07) is 0. The van der Waals surface area contributed by atoms with Gasteiger partial charge in [0, 0.05) is 20.1 Å². The first-order valence-electron chi connectivity index (χ1n) is 6.59. The zero-order valence-electron chi connectivity index (χ0n) is 11.3. The Morgan fingerprint density at radius 3 is 2.79 bits per heavy atom. The van der Waals surface area contributed by atoms with Crippen molar-refractivity contribution in [1.82, 2.24) is 9.97 Å². The van der Waals surface area contributed by atoms with Crippen LogP contribution in [0.4, 0.5) is 17.5 Å². The van der Waals surface area contributed by atoms with Crippen molar-refractivity contribution in [2.45, 2.75) is 26.2 Å². The summed E-state index contributed by atoms with van der Waals surface area (Å²) in [6.45, 7) is 3.53. The molecule has 1 aliphatic rings. The van der Waals surface area contributed by atoms with Gasteiger partial charge in [-0.1, -0.05) is 6.42 Å². The van der Waals surface area contributed by atoms with E-state index >= 15 is 0 Å². The summed E-state index contributed by atoms with van der Waals surface area (Å²) in [7, 11) is 1.70. The Morgan fingerprint density at radius 1 is 1.58 bits per heavy atom. The number of nitrogens with zero attached hydrogens (tertiary/aromatic N) is 4. The molecule has 0 bridgehead atoms. The summed E-state index contributed by atoms with van der Waals surface area (Å²) in [5.74, 6) is 1.46. The Balaban J connectivity index is 2.29. The molecule has 7 nitrogen and oxygen atoms in total. The van der Waals surface area contributed by atoms with E-state index in [4.69, 9.17) is 0 Å². The first kappa shape index (κ1) is 13.5. The molecule has 0 atom stereocenters. The van der Waals surface area contributed by atoms with Crippen LogP contribution in [0.1, 0.15) is 26.2 Å². The topological polar surface area (TPSA) is 84.2 Å². The van der Waals surface area contributed by atoms with Crippen LogP contribution in [0.3, 0.4) is 0 Å². The van der Waals surface area contributed by atoms with Gasteiger partial charge >= 0.3 is 5.69 Å². The van der Waals surface area contributed by atoms with Crippen molar-refractivity contribution in [3.63, 3.8) is 0 Å². The van der Waals surface area contributed by atoms with Crippen LogP contribution in [-0.2, 0) is 0 Å². The first-order valence-corrected chi connectivity index (χ1v) is 6.59. The minimum absolute atomic E-state index is 0.0276. The van der Waals surface area contributed by atoms with Gasteiger partial charge < -0.3 is 10.2 Å². The Morgan fingerprint density at radius 2 is 2.32 bits per heavy atom. The van der Waals surface area contributed by atoms with Crippen LogP contribution in [0.5, 0.6) is 0 Å². The number of aromatic nitrogens is 2. The fourth-order valence-electron chi connectivity index (χ4n) is 2.20. The molecule has 1 aromatic heterocycles. The summed E-state index contributed by atoms with van der Waals surface area (Å²) in [6.07, 6.45) is 4.94. The Kier molecular flexibility index (Phi) is 4.13. The Hall–Kier alpha value is -1.92. The molecule has 104 valence electrons. The molecule has 0 spiro atoms. The van der Waals surface area contributed by atoms with E-state index in [1.54, 1.807) is 7.05 Å². The van der Waals surface area contributed by atoms with Crippen molar-refractivity contribution in [3.8, 4) is 0 Å². The smallest absolute Gasteiger partial charge is 0.329 e. The van der Waals surface area contributed by atoms with Crippen LogP contribution >= 0.6 is 0 Å². The molecule has 0 radical (unpaired) electrons. The summed E-state index contributed by atoms with van der Waals surface area (Å²) < 4.78 is 0. The standard InChI is InChI=1S/C12H19N5O2/c1-3-16(8-9-5-4-6-9)11-10(17(18)19)7-14-12(13-2)15-11/h7,9H,3-6,8H2,1-2H3,(H,13,14,15). The normalized spacial score (nSPS) is 14.8. The lowest BCUT2D eigenvalue weighted by atomic mass is 9.85. The van der Waals surface area contributed by atoms with E-state index in [-0.39, 0.29) is 5.69 Å². The fourth-order valence-corrected chi connectivity index (χ4v) is 2.20. The first-order chi connectivity index (χ1) is 9.15. The molecule has 1 saturated carbocycles. The molecule has 2 rings (SSSR count). The molecule has 1 aliphatic carbocycles. The van der Waals surface area contributed by atoms with E-state index in [9.17, 15) is 10.1 Å². The predicted octanol–water partition coefficient (Wildman–Crippen LogP) is 2.05. The number of hydrogen-bond acceptors (Lipinski definition) is 6. The fraction of sp³-hybridized carbons (Fsp3) is 0.667. The second kappa shape index (κ2) is 5.81. The molecule has 1 N–H and O–H groups in total. The van der Waals surface area contributed by atoms with Crippen LogP contribution in [0.15, 0.2) is 6.20 Å². The molecule has 1 aromatic rings. The molecule has 0 amide bonds. The summed E-state index contributed by atoms with van der Waals surface area (Å²) in [5.41, 5.74) is -0.0276. The van der Waals surface area contributed by atoms with Gasteiger partial charge in [-0.15, -0.1) is 0 Å². The number of hydrogen-bond donors (Lipinski definition) is 1. The summed E-state index contributed by atoms with van der Waals surface area (Å²) in [5, 5.41) is 13.9. The molecule has 7 heteroatoms. The maximum atomic E-state index is 11.1. The van der Waals surface area contributed by atoms with E-state index in [1.165, 1.54) is 25.5 Å². The molecule has 0 aliphatic heterocycles. The minimum Gasteiger partial charge on any atom is -0.357 e. The molecule has 19 heavy (non-hydrogen) atoms. The molecular formula is C12H19N5O2. The van der Waals surface area contributed by atoms with Gasteiger partial charge in [0.15, 0.2) is 0 Å². The summed E-state index contributed by atoms with van der Waals surface area (Å²) in [4.78, 5) is 20.8. The van der Waals surface area contributed by atoms with Crippen LogP contribution in [0.2, 0.25) is 0 Å². The van der Waals surface area contributed by atoms with Crippen LogP contribution in [-0.4, -0.2) is 35.0 Å². The van der Waals surface area contributed by atoms with Gasteiger partial charge in [0.2, 0.25) is 11.8 Å². The van der Waals surface area contributed by atoms with Gasteiger partial charge in [0.25, 0.3) is 0 Å². The van der Waals surface area contributed by atoms with Gasteiger partial charge in [0.1, 0.15) is 6.20 Å². The number of nitrogens with one attached hydrogen (secondary N) is 1. The Labute approximate surface area is 112 Å². The average Bonchev–Trinajstić information content (AvgIpc) is 2.37. The highest BCUT2D eigenvalue weighted by atomic mass is 16.6. The molecule has 0 aromatic carbocycles. The van der Waals surface area contributed by atoms with Crippen LogP contribution < -0.4 is 10.2 Å². The summed E-state index contributed by atoms with van der Waals surface area (Å²) >= 11 is 0. The second-order valence-corrected chi connectivity index (χ2v) is 4.75. The lowest BCUT2D eigenvalue weighted by molar-refractivity contribution is -0.384. The average molecular weight is 265 g/mol. The lowest BCUT2D eigenvalue weighted by Crippen LogP contribution is -2.33. The van der Waals surface area contributed by atoms with Gasteiger partial charge in [-0.05, 0) is 25.7 Å². The quantitative estimate of drug-likeness (QED) is 0.626. The van der Waals surface area contributed by atoms with E-state index < -0.39 is 4.92 Å². The Bertz CT molecular complexity index is 461. The highest BCUT2D eigenvalue weighted by Gasteiger charge is 2.26. The highest BCUT2D eigenvalue weighted by Crippen LogP contribution is 2.31. The van der Waals surface area contributed by atoms with Crippen molar-refractivity contribution in [3.05, 3.63) is 16.3 Å². The minimum atomic E-state index is -0.418. The molecule has 1 fully saturated rings. The van der Waals surface area contributed by atoms with Crippen molar-refractivity contribution < 1.29 is 4.92 Å². The second-order valence-electron chi connectivity index (χ2n) is 4.75. The highest BCUT2D eigenvalue weighted by molar-refractivity contribution is 5.58. The zero-order chi connectivity index (χ0) is 13.8. The van der Waals surface area contributed by atoms with Crippen LogP contribution in [0, 0.1) is 16.0 Å². The van der Waals surface area contributed by atoms with E-state index in [1.807, 2.05) is 11.8 Å². The third-order valence-corrected chi connectivity index (χ3v) is 3.55. The number of anilines is 2. The van der Waals surface area contributed by atoms with E-state index in [0.717, 1.165) is 6.54 Å². The largest absolute Gasteiger partial charge is 0.357 e. The van der Waals surface area contributed by atoms with Gasteiger partial charge in [-0.3, -0.25) is 10.1 Å². The zero-order valence-corrected chi connectivity index (χ0v) is 11.3.